The van der Waals surface area contributed by atoms with Gasteiger partial charge in [0, 0.05) is 0 Å². The number of nitrogens with zero attached hydrogens (tertiary/aromatic N) is 1. The second-order valence-electron chi connectivity index (χ2n) is 3.89. The molecular weight excluding hydrogens is 245 g/mol. The van der Waals surface area contributed by atoms with E-state index >= 15 is 0 Å². The molecule has 2 aromatic carbocycles. The monoisotopic (exact) mass is 257 g/mol. The summed E-state index contributed by atoms with van der Waals surface area (Å²) < 4.78 is 23.8. The van der Waals surface area contributed by atoms with Crippen LogP contribution in [0.5, 0.6) is 11.5 Å². The number of nitriles is 1. The molecule has 96 valence electrons. The Balaban J connectivity index is 2.02. The van der Waals surface area contributed by atoms with Gasteiger partial charge in [0.05, 0.1) is 18.7 Å². The first-order valence-electron chi connectivity index (χ1n) is 5.68. The van der Waals surface area contributed by atoms with Crippen LogP contribution in [-0.2, 0) is 6.61 Å². The van der Waals surface area contributed by atoms with Crippen LogP contribution in [0.1, 0.15) is 11.1 Å². The number of hydrogen-bond acceptors (Lipinski definition) is 3. The number of ether oxygens (including phenoxy) is 2. The molecule has 2 aromatic rings. The summed E-state index contributed by atoms with van der Waals surface area (Å²) in [5, 5.41) is 8.67. The summed E-state index contributed by atoms with van der Waals surface area (Å²) in [7, 11) is 1.42. The Morgan fingerprint density at radius 3 is 2.47 bits per heavy atom. The van der Waals surface area contributed by atoms with Gasteiger partial charge in [-0.1, -0.05) is 6.07 Å². The second-order valence-corrected chi connectivity index (χ2v) is 3.89. The van der Waals surface area contributed by atoms with Crippen molar-refractivity contribution in [3.63, 3.8) is 0 Å². The third-order valence-corrected chi connectivity index (χ3v) is 2.61. The zero-order valence-corrected chi connectivity index (χ0v) is 10.4. The Labute approximate surface area is 110 Å². The van der Waals surface area contributed by atoms with Gasteiger partial charge in [0.15, 0.2) is 11.6 Å². The number of rotatable bonds is 4. The maximum absolute atomic E-state index is 13.5. The molecule has 0 aromatic heterocycles. The molecule has 0 fully saturated rings. The van der Waals surface area contributed by atoms with Crippen LogP contribution in [0, 0.1) is 17.1 Å². The number of benzene rings is 2. The second kappa shape index (κ2) is 5.87. The van der Waals surface area contributed by atoms with Gasteiger partial charge in [-0.3, -0.25) is 0 Å². The van der Waals surface area contributed by atoms with Crippen LogP contribution in [0.15, 0.2) is 42.5 Å². The van der Waals surface area contributed by atoms with E-state index in [0.29, 0.717) is 16.9 Å². The SMILES string of the molecule is COc1ccc(COc2ccc(C#N)cc2)cc1F. The first-order valence-corrected chi connectivity index (χ1v) is 5.68. The lowest BCUT2D eigenvalue weighted by atomic mass is 10.2. The molecule has 0 aliphatic carbocycles. The Morgan fingerprint density at radius 1 is 1.16 bits per heavy atom. The van der Waals surface area contributed by atoms with E-state index < -0.39 is 5.82 Å². The van der Waals surface area contributed by atoms with Gasteiger partial charge < -0.3 is 9.47 Å². The summed E-state index contributed by atoms with van der Waals surface area (Å²) in [5.41, 5.74) is 1.28. The lowest BCUT2D eigenvalue weighted by Crippen LogP contribution is -1.97. The average Bonchev–Trinajstić information content (AvgIpc) is 2.46. The molecule has 0 radical (unpaired) electrons. The highest BCUT2D eigenvalue weighted by Crippen LogP contribution is 2.19. The van der Waals surface area contributed by atoms with Crippen LogP contribution < -0.4 is 9.47 Å². The summed E-state index contributed by atoms with van der Waals surface area (Å²) >= 11 is 0. The standard InChI is InChI=1S/C15H12FNO2/c1-18-15-7-4-12(8-14(15)16)10-19-13-5-2-11(9-17)3-6-13/h2-8H,10H2,1H3. The van der Waals surface area contributed by atoms with E-state index in [0.717, 1.165) is 0 Å². The van der Waals surface area contributed by atoms with E-state index in [1.165, 1.54) is 13.2 Å². The molecule has 0 aliphatic rings. The third-order valence-electron chi connectivity index (χ3n) is 2.61. The topological polar surface area (TPSA) is 42.2 Å². The predicted octanol–water partition coefficient (Wildman–Crippen LogP) is 3.28. The van der Waals surface area contributed by atoms with Gasteiger partial charge in [0.25, 0.3) is 0 Å². The molecule has 0 saturated heterocycles. The zero-order valence-electron chi connectivity index (χ0n) is 10.4. The van der Waals surface area contributed by atoms with Gasteiger partial charge in [-0.05, 0) is 42.0 Å². The van der Waals surface area contributed by atoms with E-state index in [9.17, 15) is 4.39 Å². The predicted molar refractivity (Wildman–Crippen MR) is 68.4 cm³/mol. The highest BCUT2D eigenvalue weighted by molar-refractivity contribution is 5.35. The molecule has 0 heterocycles. The minimum absolute atomic E-state index is 0.210. The third kappa shape index (κ3) is 3.23. The molecule has 0 N–H and O–H groups in total. The number of methoxy groups -OCH3 is 1. The summed E-state index contributed by atoms with van der Waals surface area (Å²) in [5.74, 6) is 0.431. The molecule has 3 nitrogen and oxygen atoms in total. The van der Waals surface area contributed by atoms with E-state index in [-0.39, 0.29) is 12.4 Å². The Hall–Kier alpha value is -2.54. The fraction of sp³-hybridized carbons (Fsp3) is 0.133. The van der Waals surface area contributed by atoms with Crippen molar-refractivity contribution in [2.75, 3.05) is 7.11 Å². The van der Waals surface area contributed by atoms with Crippen molar-refractivity contribution in [1.29, 1.82) is 5.26 Å². The quantitative estimate of drug-likeness (QED) is 0.844. The summed E-state index contributed by atoms with van der Waals surface area (Å²) in [6.07, 6.45) is 0. The maximum atomic E-state index is 13.5. The van der Waals surface area contributed by atoms with E-state index in [4.69, 9.17) is 14.7 Å². The average molecular weight is 257 g/mol. The van der Waals surface area contributed by atoms with E-state index in [1.54, 1.807) is 36.4 Å². The smallest absolute Gasteiger partial charge is 0.165 e. The zero-order chi connectivity index (χ0) is 13.7. The number of hydrogen-bond donors (Lipinski definition) is 0. The van der Waals surface area contributed by atoms with Crippen molar-refractivity contribution in [3.05, 3.63) is 59.4 Å². The maximum Gasteiger partial charge on any atom is 0.165 e. The lowest BCUT2D eigenvalue weighted by Gasteiger charge is -2.08. The van der Waals surface area contributed by atoms with Crippen molar-refractivity contribution in [2.24, 2.45) is 0 Å². The molecule has 2 rings (SSSR count). The Morgan fingerprint density at radius 2 is 1.89 bits per heavy atom. The minimum Gasteiger partial charge on any atom is -0.494 e. The molecule has 0 amide bonds. The van der Waals surface area contributed by atoms with Gasteiger partial charge in [-0.15, -0.1) is 0 Å². The normalized spacial score (nSPS) is 9.74. The molecule has 0 unspecified atom stereocenters. The highest BCUT2D eigenvalue weighted by Gasteiger charge is 2.04. The summed E-state index contributed by atoms with van der Waals surface area (Å²) in [4.78, 5) is 0. The van der Waals surface area contributed by atoms with Crippen LogP contribution in [-0.4, -0.2) is 7.11 Å². The largest absolute Gasteiger partial charge is 0.494 e. The van der Waals surface area contributed by atoms with Gasteiger partial charge in [0.1, 0.15) is 12.4 Å². The van der Waals surface area contributed by atoms with Crippen LogP contribution >= 0.6 is 0 Å². The fourth-order valence-corrected chi connectivity index (χ4v) is 1.59. The first kappa shape index (κ1) is 12.9. The first-order chi connectivity index (χ1) is 9.22. The van der Waals surface area contributed by atoms with E-state index in [1.807, 2.05) is 6.07 Å². The van der Waals surface area contributed by atoms with Crippen molar-refractivity contribution in [1.82, 2.24) is 0 Å². The summed E-state index contributed by atoms with van der Waals surface area (Å²) in [6, 6.07) is 13.5. The van der Waals surface area contributed by atoms with Crippen molar-refractivity contribution < 1.29 is 13.9 Å². The van der Waals surface area contributed by atoms with Gasteiger partial charge >= 0.3 is 0 Å². The van der Waals surface area contributed by atoms with E-state index in [2.05, 4.69) is 0 Å². The fourth-order valence-electron chi connectivity index (χ4n) is 1.59. The van der Waals surface area contributed by atoms with Crippen molar-refractivity contribution >= 4 is 0 Å². The highest BCUT2D eigenvalue weighted by atomic mass is 19.1. The van der Waals surface area contributed by atoms with Gasteiger partial charge in [-0.2, -0.15) is 5.26 Å². The summed E-state index contributed by atoms with van der Waals surface area (Å²) in [6.45, 7) is 0.257. The molecule has 4 heteroatoms. The Bertz CT molecular complexity index is 603. The molecule has 19 heavy (non-hydrogen) atoms. The van der Waals surface area contributed by atoms with Crippen molar-refractivity contribution in [3.8, 4) is 17.6 Å². The molecular formula is C15H12FNO2. The van der Waals surface area contributed by atoms with Crippen LogP contribution in [0.4, 0.5) is 4.39 Å². The van der Waals surface area contributed by atoms with Crippen LogP contribution in [0.3, 0.4) is 0 Å². The molecule has 0 saturated carbocycles. The lowest BCUT2D eigenvalue weighted by molar-refractivity contribution is 0.304. The molecule has 0 atom stereocenters. The number of halogens is 1. The Kier molecular flexibility index (Phi) is 3.99. The van der Waals surface area contributed by atoms with Crippen LogP contribution in [0.2, 0.25) is 0 Å². The van der Waals surface area contributed by atoms with Gasteiger partial charge in [0.2, 0.25) is 0 Å². The van der Waals surface area contributed by atoms with Gasteiger partial charge in [-0.25, -0.2) is 4.39 Å². The molecule has 0 aliphatic heterocycles. The molecule has 0 spiro atoms. The van der Waals surface area contributed by atoms with Crippen LogP contribution in [0.25, 0.3) is 0 Å². The molecule has 0 bridgehead atoms. The van der Waals surface area contributed by atoms with Crippen molar-refractivity contribution in [2.45, 2.75) is 6.61 Å². The minimum atomic E-state index is -0.413.